The number of fused-ring (bicyclic) bond motifs is 1. The minimum absolute atomic E-state index is 0.0875. The van der Waals surface area contributed by atoms with Gasteiger partial charge in [-0.25, -0.2) is 13.3 Å². The Hall–Kier alpha value is -1.92. The Morgan fingerprint density at radius 1 is 1.18 bits per heavy atom. The summed E-state index contributed by atoms with van der Waals surface area (Å²) in [5.41, 5.74) is 1.66. The van der Waals surface area contributed by atoms with Crippen LogP contribution in [0.5, 0.6) is 5.75 Å². The van der Waals surface area contributed by atoms with Crippen LogP contribution in [-0.4, -0.2) is 27.6 Å². The van der Waals surface area contributed by atoms with Crippen LogP contribution in [0, 0.1) is 0 Å². The minimum atomic E-state index is -2.57. The highest BCUT2D eigenvalue weighted by Crippen LogP contribution is 2.35. The molecule has 3 aromatic rings. The molecule has 0 fully saturated rings. The molecule has 3 rings (SSSR count). The SMILES string of the molecule is FC(F)COc1ccc(Cl)cc1-c1cccn2nc(Cl)nc12. The van der Waals surface area contributed by atoms with Crippen molar-refractivity contribution in [3.05, 3.63) is 46.8 Å². The Morgan fingerprint density at radius 2 is 2.00 bits per heavy atom. The van der Waals surface area contributed by atoms with Crippen LogP contribution in [0.4, 0.5) is 8.78 Å². The van der Waals surface area contributed by atoms with Crippen LogP contribution in [0.2, 0.25) is 10.3 Å². The highest BCUT2D eigenvalue weighted by Gasteiger charge is 2.15. The van der Waals surface area contributed by atoms with Gasteiger partial charge in [0.1, 0.15) is 12.4 Å². The molecule has 0 unspecified atom stereocenters. The van der Waals surface area contributed by atoms with Gasteiger partial charge < -0.3 is 4.74 Å². The van der Waals surface area contributed by atoms with Gasteiger partial charge in [-0.05, 0) is 41.9 Å². The van der Waals surface area contributed by atoms with E-state index in [9.17, 15) is 8.78 Å². The molecule has 4 nitrogen and oxygen atoms in total. The van der Waals surface area contributed by atoms with Crippen LogP contribution in [-0.2, 0) is 0 Å². The standard InChI is InChI=1S/C14H9Cl2F2N3O/c15-8-3-4-11(22-7-12(17)18)10(6-8)9-2-1-5-21-13(9)19-14(16)20-21/h1-6,12H,7H2. The lowest BCUT2D eigenvalue weighted by atomic mass is 10.1. The molecule has 0 saturated carbocycles. The van der Waals surface area contributed by atoms with Crippen LogP contribution in [0.15, 0.2) is 36.5 Å². The molecule has 22 heavy (non-hydrogen) atoms. The molecule has 0 bridgehead atoms. The van der Waals surface area contributed by atoms with Gasteiger partial charge in [-0.3, -0.25) is 0 Å². The van der Waals surface area contributed by atoms with Crippen molar-refractivity contribution >= 4 is 28.8 Å². The van der Waals surface area contributed by atoms with Crippen LogP contribution in [0.3, 0.4) is 0 Å². The second kappa shape index (κ2) is 6.06. The lowest BCUT2D eigenvalue weighted by Gasteiger charge is -2.12. The molecule has 2 aromatic heterocycles. The number of benzene rings is 1. The summed E-state index contributed by atoms with van der Waals surface area (Å²) in [5.74, 6) is 0.289. The van der Waals surface area contributed by atoms with Crippen LogP contribution < -0.4 is 4.74 Å². The maximum absolute atomic E-state index is 12.4. The van der Waals surface area contributed by atoms with E-state index in [4.69, 9.17) is 27.9 Å². The third kappa shape index (κ3) is 2.98. The molecule has 2 heterocycles. The Balaban J connectivity index is 2.14. The van der Waals surface area contributed by atoms with Gasteiger partial charge in [0.25, 0.3) is 6.43 Å². The maximum atomic E-state index is 12.4. The van der Waals surface area contributed by atoms with Gasteiger partial charge >= 0.3 is 0 Å². The summed E-state index contributed by atoms with van der Waals surface area (Å²) in [4.78, 5) is 4.13. The number of aromatic nitrogens is 3. The van der Waals surface area contributed by atoms with Gasteiger partial charge in [-0.2, -0.15) is 4.98 Å². The summed E-state index contributed by atoms with van der Waals surface area (Å²) >= 11 is 11.8. The molecule has 0 aliphatic rings. The third-order valence-corrected chi connectivity index (χ3v) is 3.33. The molecule has 0 radical (unpaired) electrons. The first-order valence-corrected chi connectivity index (χ1v) is 7.02. The van der Waals surface area contributed by atoms with E-state index in [0.29, 0.717) is 21.8 Å². The first-order valence-electron chi connectivity index (χ1n) is 6.26. The minimum Gasteiger partial charge on any atom is -0.487 e. The van der Waals surface area contributed by atoms with Crippen LogP contribution >= 0.6 is 23.2 Å². The fourth-order valence-corrected chi connectivity index (χ4v) is 2.42. The predicted molar refractivity (Wildman–Crippen MR) is 79.9 cm³/mol. The Bertz CT molecular complexity index is 823. The third-order valence-electron chi connectivity index (χ3n) is 2.93. The molecule has 1 aromatic carbocycles. The van der Waals surface area contributed by atoms with Crippen molar-refractivity contribution < 1.29 is 13.5 Å². The zero-order valence-electron chi connectivity index (χ0n) is 11.0. The van der Waals surface area contributed by atoms with Gasteiger partial charge in [0.05, 0.1) is 0 Å². The summed E-state index contributed by atoms with van der Waals surface area (Å²) in [6.45, 7) is -0.703. The van der Waals surface area contributed by atoms with Gasteiger partial charge in [-0.1, -0.05) is 11.6 Å². The zero-order chi connectivity index (χ0) is 15.7. The summed E-state index contributed by atoms with van der Waals surface area (Å²) in [5, 5.41) is 4.54. The number of rotatable bonds is 4. The lowest BCUT2D eigenvalue weighted by Crippen LogP contribution is -2.07. The topological polar surface area (TPSA) is 39.4 Å². The van der Waals surface area contributed by atoms with E-state index >= 15 is 0 Å². The van der Waals surface area contributed by atoms with E-state index in [1.165, 1.54) is 4.52 Å². The van der Waals surface area contributed by atoms with E-state index in [1.54, 1.807) is 36.5 Å². The van der Waals surface area contributed by atoms with Gasteiger partial charge in [0.2, 0.25) is 5.28 Å². The molecule has 0 atom stereocenters. The molecule has 0 N–H and O–H groups in total. The second-order valence-corrected chi connectivity index (χ2v) is 5.19. The first-order chi connectivity index (χ1) is 10.5. The van der Waals surface area contributed by atoms with Gasteiger partial charge in [0.15, 0.2) is 5.65 Å². The van der Waals surface area contributed by atoms with Crippen LogP contribution in [0.25, 0.3) is 16.8 Å². The van der Waals surface area contributed by atoms with Crippen molar-refractivity contribution in [1.82, 2.24) is 14.6 Å². The monoisotopic (exact) mass is 343 g/mol. The number of nitrogens with zero attached hydrogens (tertiary/aromatic N) is 3. The van der Waals surface area contributed by atoms with Gasteiger partial charge in [0, 0.05) is 22.3 Å². The van der Waals surface area contributed by atoms with Gasteiger partial charge in [-0.15, -0.1) is 5.10 Å². The number of ether oxygens (including phenoxy) is 1. The van der Waals surface area contributed by atoms with Crippen molar-refractivity contribution in [1.29, 1.82) is 0 Å². The maximum Gasteiger partial charge on any atom is 0.272 e. The number of halogens is 4. The zero-order valence-corrected chi connectivity index (χ0v) is 12.5. The Kier molecular flexibility index (Phi) is 4.13. The molecule has 0 saturated heterocycles. The van der Waals surface area contributed by atoms with Crippen molar-refractivity contribution in [2.75, 3.05) is 6.61 Å². The van der Waals surface area contributed by atoms with E-state index in [-0.39, 0.29) is 11.0 Å². The van der Waals surface area contributed by atoms with E-state index in [0.717, 1.165) is 0 Å². The average molecular weight is 344 g/mol. The summed E-state index contributed by atoms with van der Waals surface area (Å²) < 4.78 is 31.5. The number of hydrogen-bond donors (Lipinski definition) is 0. The molecule has 114 valence electrons. The summed E-state index contributed by atoms with van der Waals surface area (Å²) in [6, 6.07) is 8.25. The summed E-state index contributed by atoms with van der Waals surface area (Å²) in [6.07, 6.45) is -0.885. The quantitative estimate of drug-likeness (QED) is 0.707. The number of pyridine rings is 1. The Morgan fingerprint density at radius 3 is 2.77 bits per heavy atom. The molecule has 0 aliphatic heterocycles. The lowest BCUT2D eigenvalue weighted by molar-refractivity contribution is 0.0822. The molecule has 0 spiro atoms. The highest BCUT2D eigenvalue weighted by molar-refractivity contribution is 6.31. The number of hydrogen-bond acceptors (Lipinski definition) is 3. The molecular weight excluding hydrogens is 335 g/mol. The van der Waals surface area contributed by atoms with Crippen molar-refractivity contribution in [2.24, 2.45) is 0 Å². The Labute approximate surface area is 134 Å². The number of alkyl halides is 2. The predicted octanol–water partition coefficient (Wildman–Crippen LogP) is 4.35. The van der Waals surface area contributed by atoms with E-state index < -0.39 is 13.0 Å². The fourth-order valence-electron chi connectivity index (χ4n) is 2.08. The highest BCUT2D eigenvalue weighted by atomic mass is 35.5. The molecule has 0 aliphatic carbocycles. The van der Waals surface area contributed by atoms with Crippen molar-refractivity contribution in [2.45, 2.75) is 6.43 Å². The molecule has 8 heteroatoms. The first kappa shape index (κ1) is 15.0. The fraction of sp³-hybridized carbons (Fsp3) is 0.143. The van der Waals surface area contributed by atoms with Crippen LogP contribution in [0.1, 0.15) is 0 Å². The van der Waals surface area contributed by atoms with E-state index in [1.807, 2.05) is 0 Å². The van der Waals surface area contributed by atoms with Crippen molar-refractivity contribution in [3.8, 4) is 16.9 Å². The second-order valence-electron chi connectivity index (χ2n) is 4.41. The average Bonchev–Trinajstić information content (AvgIpc) is 2.85. The van der Waals surface area contributed by atoms with E-state index in [2.05, 4.69) is 10.1 Å². The normalized spacial score (nSPS) is 11.3. The molecular formula is C14H9Cl2F2N3O. The van der Waals surface area contributed by atoms with Crippen molar-refractivity contribution in [3.63, 3.8) is 0 Å². The largest absolute Gasteiger partial charge is 0.487 e. The molecule has 0 amide bonds. The smallest absolute Gasteiger partial charge is 0.272 e. The summed E-state index contributed by atoms with van der Waals surface area (Å²) in [7, 11) is 0.